The number of anilines is 3. The fourth-order valence-electron chi connectivity index (χ4n) is 1.79. The molecule has 1 aromatic carbocycles. The SMILES string of the molecule is COc1cc(Cl)c(C)cc1Nc1cc(C(=O)O)c(N)cn1. The molecule has 0 aliphatic heterocycles. The summed E-state index contributed by atoms with van der Waals surface area (Å²) in [6.07, 6.45) is 1.29. The van der Waals surface area contributed by atoms with Crippen LogP contribution in [-0.2, 0) is 0 Å². The molecule has 7 heteroatoms. The molecule has 0 saturated heterocycles. The summed E-state index contributed by atoms with van der Waals surface area (Å²) in [7, 11) is 1.52. The molecule has 0 atom stereocenters. The number of pyridine rings is 1. The van der Waals surface area contributed by atoms with Gasteiger partial charge >= 0.3 is 5.97 Å². The van der Waals surface area contributed by atoms with Crippen molar-refractivity contribution in [1.82, 2.24) is 4.98 Å². The van der Waals surface area contributed by atoms with E-state index in [0.29, 0.717) is 22.3 Å². The van der Waals surface area contributed by atoms with Crippen molar-refractivity contribution < 1.29 is 14.6 Å². The Morgan fingerprint density at radius 2 is 2.14 bits per heavy atom. The molecule has 2 rings (SSSR count). The van der Waals surface area contributed by atoms with Crippen molar-refractivity contribution in [2.24, 2.45) is 0 Å². The van der Waals surface area contributed by atoms with Crippen LogP contribution in [-0.4, -0.2) is 23.2 Å². The maximum atomic E-state index is 11.1. The van der Waals surface area contributed by atoms with Crippen LogP contribution >= 0.6 is 11.6 Å². The van der Waals surface area contributed by atoms with E-state index in [1.54, 1.807) is 12.1 Å². The van der Waals surface area contributed by atoms with E-state index in [2.05, 4.69) is 10.3 Å². The van der Waals surface area contributed by atoms with Crippen molar-refractivity contribution >= 4 is 34.8 Å². The molecule has 0 unspecified atom stereocenters. The van der Waals surface area contributed by atoms with Crippen LogP contribution in [0.2, 0.25) is 5.02 Å². The summed E-state index contributed by atoms with van der Waals surface area (Å²) < 4.78 is 5.24. The van der Waals surface area contributed by atoms with E-state index in [1.165, 1.54) is 19.4 Å². The van der Waals surface area contributed by atoms with Crippen molar-refractivity contribution in [3.8, 4) is 5.75 Å². The summed E-state index contributed by atoms with van der Waals surface area (Å²) in [5, 5.41) is 12.6. The second kappa shape index (κ2) is 5.88. The summed E-state index contributed by atoms with van der Waals surface area (Å²) in [5.41, 5.74) is 7.15. The van der Waals surface area contributed by atoms with Gasteiger partial charge in [0.2, 0.25) is 0 Å². The molecule has 4 N–H and O–H groups in total. The first-order chi connectivity index (χ1) is 9.92. The average Bonchev–Trinajstić information content (AvgIpc) is 2.44. The first kappa shape index (κ1) is 14.9. The second-order valence-electron chi connectivity index (χ2n) is 4.39. The topological polar surface area (TPSA) is 97.5 Å². The molecule has 0 spiro atoms. The van der Waals surface area contributed by atoms with E-state index < -0.39 is 5.97 Å². The third-order valence-electron chi connectivity index (χ3n) is 2.91. The third-order valence-corrected chi connectivity index (χ3v) is 3.32. The molecule has 6 nitrogen and oxygen atoms in total. The van der Waals surface area contributed by atoms with Crippen molar-refractivity contribution in [2.75, 3.05) is 18.2 Å². The van der Waals surface area contributed by atoms with Gasteiger partial charge in [-0.25, -0.2) is 9.78 Å². The molecule has 0 radical (unpaired) electrons. The molecule has 2 aromatic rings. The monoisotopic (exact) mass is 307 g/mol. The number of halogens is 1. The van der Waals surface area contributed by atoms with Crippen LogP contribution in [0.5, 0.6) is 5.75 Å². The summed E-state index contributed by atoms with van der Waals surface area (Å²) in [6.45, 7) is 1.85. The summed E-state index contributed by atoms with van der Waals surface area (Å²) in [6, 6.07) is 4.83. The van der Waals surface area contributed by atoms with Crippen LogP contribution in [0, 0.1) is 6.92 Å². The van der Waals surface area contributed by atoms with Crippen LogP contribution in [0.3, 0.4) is 0 Å². The lowest BCUT2D eigenvalue weighted by atomic mass is 10.2. The van der Waals surface area contributed by atoms with Gasteiger partial charge in [-0.2, -0.15) is 0 Å². The second-order valence-corrected chi connectivity index (χ2v) is 4.80. The van der Waals surface area contributed by atoms with Gasteiger partial charge in [0.1, 0.15) is 11.6 Å². The Balaban J connectivity index is 2.40. The Kier molecular flexibility index (Phi) is 4.18. The number of nitrogens with two attached hydrogens (primary N) is 1. The van der Waals surface area contributed by atoms with Crippen molar-refractivity contribution in [2.45, 2.75) is 6.92 Å². The van der Waals surface area contributed by atoms with E-state index >= 15 is 0 Å². The van der Waals surface area contributed by atoms with Crippen LogP contribution in [0.1, 0.15) is 15.9 Å². The normalized spacial score (nSPS) is 10.2. The number of carboxylic acids is 1. The standard InChI is InChI=1S/C14H14ClN3O3/c1-7-3-11(12(21-2)5-9(7)15)18-13-4-8(14(19)20)10(16)6-17-13/h3-6H,16H2,1-2H3,(H,17,18)(H,19,20). The lowest BCUT2D eigenvalue weighted by Crippen LogP contribution is -2.05. The van der Waals surface area contributed by atoms with E-state index in [4.69, 9.17) is 27.2 Å². The smallest absolute Gasteiger partial charge is 0.337 e. The molecule has 0 aliphatic carbocycles. The number of nitrogen functional groups attached to an aromatic ring is 1. The highest BCUT2D eigenvalue weighted by Gasteiger charge is 2.12. The van der Waals surface area contributed by atoms with Gasteiger partial charge < -0.3 is 20.9 Å². The zero-order chi connectivity index (χ0) is 15.6. The lowest BCUT2D eigenvalue weighted by Gasteiger charge is -2.13. The van der Waals surface area contributed by atoms with Gasteiger partial charge in [0, 0.05) is 11.1 Å². The van der Waals surface area contributed by atoms with Gasteiger partial charge in [0.05, 0.1) is 30.2 Å². The van der Waals surface area contributed by atoms with Crippen LogP contribution < -0.4 is 15.8 Å². The Morgan fingerprint density at radius 3 is 2.76 bits per heavy atom. The average molecular weight is 308 g/mol. The summed E-state index contributed by atoms with van der Waals surface area (Å²) in [4.78, 5) is 15.1. The Labute approximate surface area is 126 Å². The molecule has 0 aliphatic rings. The quantitative estimate of drug-likeness (QED) is 0.803. The lowest BCUT2D eigenvalue weighted by molar-refractivity contribution is 0.0698. The number of aryl methyl sites for hydroxylation is 1. The van der Waals surface area contributed by atoms with Crippen molar-refractivity contribution in [1.29, 1.82) is 0 Å². The van der Waals surface area contributed by atoms with Crippen molar-refractivity contribution in [3.63, 3.8) is 0 Å². The molecular formula is C14H14ClN3O3. The molecule has 1 heterocycles. The number of benzene rings is 1. The number of hydrogen-bond acceptors (Lipinski definition) is 5. The highest BCUT2D eigenvalue weighted by molar-refractivity contribution is 6.31. The molecule has 1 aromatic heterocycles. The van der Waals surface area contributed by atoms with Crippen LogP contribution in [0.4, 0.5) is 17.2 Å². The Bertz CT molecular complexity index is 704. The predicted octanol–water partition coefficient (Wildman–Crippen LogP) is 3.08. The van der Waals surface area contributed by atoms with Crippen LogP contribution in [0.25, 0.3) is 0 Å². The number of methoxy groups -OCH3 is 1. The minimum Gasteiger partial charge on any atom is -0.495 e. The minimum atomic E-state index is -1.11. The minimum absolute atomic E-state index is 0.0165. The molecule has 21 heavy (non-hydrogen) atoms. The first-order valence-electron chi connectivity index (χ1n) is 6.02. The molecule has 0 fully saturated rings. The third kappa shape index (κ3) is 3.17. The number of carbonyl (C=O) groups is 1. The number of ether oxygens (including phenoxy) is 1. The van der Waals surface area contributed by atoms with E-state index in [0.717, 1.165) is 5.56 Å². The largest absolute Gasteiger partial charge is 0.495 e. The molecule has 0 saturated carbocycles. The number of rotatable bonds is 4. The number of carboxylic acid groups (broad SMARTS) is 1. The van der Waals surface area contributed by atoms with E-state index in [1.807, 2.05) is 6.92 Å². The van der Waals surface area contributed by atoms with E-state index in [-0.39, 0.29) is 11.3 Å². The predicted molar refractivity (Wildman–Crippen MR) is 81.6 cm³/mol. The highest BCUT2D eigenvalue weighted by atomic mass is 35.5. The molecule has 0 amide bonds. The molecular weight excluding hydrogens is 294 g/mol. The summed E-state index contributed by atoms with van der Waals surface area (Å²) in [5.74, 6) is -0.236. The maximum absolute atomic E-state index is 11.1. The van der Waals surface area contributed by atoms with Crippen molar-refractivity contribution in [3.05, 3.63) is 40.5 Å². The molecule has 0 bridgehead atoms. The van der Waals surface area contributed by atoms with Gasteiger partial charge in [-0.3, -0.25) is 0 Å². The maximum Gasteiger partial charge on any atom is 0.337 e. The molecule has 110 valence electrons. The zero-order valence-corrected chi connectivity index (χ0v) is 12.2. The van der Waals surface area contributed by atoms with Gasteiger partial charge in [0.15, 0.2) is 0 Å². The summed E-state index contributed by atoms with van der Waals surface area (Å²) >= 11 is 6.04. The fourth-order valence-corrected chi connectivity index (χ4v) is 1.94. The zero-order valence-electron chi connectivity index (χ0n) is 11.5. The number of aromatic nitrogens is 1. The number of nitrogens with one attached hydrogen (secondary N) is 1. The first-order valence-corrected chi connectivity index (χ1v) is 6.40. The Hall–Kier alpha value is -2.47. The fraction of sp³-hybridized carbons (Fsp3) is 0.143. The Morgan fingerprint density at radius 1 is 1.43 bits per heavy atom. The van der Waals surface area contributed by atoms with Crippen LogP contribution in [0.15, 0.2) is 24.4 Å². The highest BCUT2D eigenvalue weighted by Crippen LogP contribution is 2.33. The number of aromatic carboxylic acids is 1. The van der Waals surface area contributed by atoms with Gasteiger partial charge in [-0.15, -0.1) is 0 Å². The number of hydrogen-bond donors (Lipinski definition) is 3. The van der Waals surface area contributed by atoms with Gasteiger partial charge in [-0.05, 0) is 24.6 Å². The van der Waals surface area contributed by atoms with E-state index in [9.17, 15) is 4.79 Å². The van der Waals surface area contributed by atoms with Gasteiger partial charge in [-0.1, -0.05) is 11.6 Å². The number of nitrogens with zero attached hydrogens (tertiary/aromatic N) is 1. The van der Waals surface area contributed by atoms with Gasteiger partial charge in [0.25, 0.3) is 0 Å².